The molecule has 0 heterocycles. The van der Waals surface area contributed by atoms with Crippen molar-refractivity contribution in [2.75, 3.05) is 0 Å². The van der Waals surface area contributed by atoms with E-state index in [0.29, 0.717) is 38.9 Å². The predicted octanol–water partition coefficient (Wildman–Crippen LogP) is 20.9. The Kier molecular flexibility index (Phi) is 24.7. The zero-order chi connectivity index (χ0) is 84.0. The topological polar surface area (TPSA) is 364 Å². The molecular formula is C100H82O18. The number of hydrogen-bond acceptors (Lipinski definition) is 18. The summed E-state index contributed by atoms with van der Waals surface area (Å²) in [6, 6.07) is 102. The van der Waals surface area contributed by atoms with Crippen LogP contribution in [-0.4, -0.2) is 91.9 Å². The summed E-state index contributed by atoms with van der Waals surface area (Å²) in [5, 5.41) is 180. The Morgan fingerprint density at radius 2 is 0.432 bits per heavy atom. The minimum absolute atomic E-state index is 0.146. The molecule has 18 N–H and O–H groups in total. The van der Waals surface area contributed by atoms with Gasteiger partial charge in [0.2, 0.25) is 0 Å². The zero-order valence-electron chi connectivity index (χ0n) is 63.5. The molecule has 16 aromatic carbocycles. The average molecular weight is 1570 g/mol. The maximum absolute atomic E-state index is 10.9. The highest BCUT2D eigenvalue weighted by Crippen LogP contribution is 2.55. The Bertz CT molecular complexity index is 5840. The van der Waals surface area contributed by atoms with Gasteiger partial charge in [-0.25, -0.2) is 0 Å². The van der Waals surface area contributed by atoms with Gasteiger partial charge >= 0.3 is 0 Å². The Morgan fingerprint density at radius 3 is 0.805 bits per heavy atom. The van der Waals surface area contributed by atoms with Crippen molar-refractivity contribution in [3.63, 3.8) is 0 Å². The summed E-state index contributed by atoms with van der Waals surface area (Å²) in [6.45, 7) is 3.71. The summed E-state index contributed by atoms with van der Waals surface area (Å²) in [7, 11) is 0. The van der Waals surface area contributed by atoms with Crippen molar-refractivity contribution in [1.29, 1.82) is 0 Å². The number of phenolic OH excluding ortho intramolecular Hbond substituents is 18. The number of benzene rings is 16. The lowest BCUT2D eigenvalue weighted by molar-refractivity contribution is 0.386. The molecule has 0 aromatic heterocycles. The Morgan fingerprint density at radius 1 is 0.161 bits per heavy atom. The van der Waals surface area contributed by atoms with Gasteiger partial charge in [0.25, 0.3) is 0 Å². The van der Waals surface area contributed by atoms with E-state index in [-0.39, 0.29) is 115 Å². The lowest BCUT2D eigenvalue weighted by Crippen LogP contribution is -2.31. The van der Waals surface area contributed by atoms with Crippen LogP contribution < -0.4 is 0 Å². The van der Waals surface area contributed by atoms with Crippen molar-refractivity contribution in [1.82, 2.24) is 0 Å². The van der Waals surface area contributed by atoms with Gasteiger partial charge in [-0.15, -0.1) is 0 Å². The van der Waals surface area contributed by atoms with Crippen LogP contribution in [0.2, 0.25) is 0 Å². The molecule has 0 bridgehead atoms. The molecule has 0 unspecified atom stereocenters. The first-order chi connectivity index (χ1) is 56.9. The summed E-state index contributed by atoms with van der Waals surface area (Å²) in [4.78, 5) is 0. The maximum atomic E-state index is 10.9. The zero-order valence-corrected chi connectivity index (χ0v) is 63.5. The number of rotatable bonds is 13. The smallest absolute Gasteiger partial charge is 0.165 e. The Balaban J connectivity index is 0.000000138. The minimum Gasteiger partial charge on any atom is -0.508 e. The van der Waals surface area contributed by atoms with Crippen LogP contribution in [0.15, 0.2) is 352 Å². The van der Waals surface area contributed by atoms with E-state index in [2.05, 4.69) is 0 Å². The number of phenols is 18. The van der Waals surface area contributed by atoms with Gasteiger partial charge in [-0.2, -0.15) is 0 Å². The molecular weight excluding hydrogens is 1490 g/mol. The minimum atomic E-state index is -1.19. The van der Waals surface area contributed by atoms with E-state index in [1.165, 1.54) is 72.8 Å². The summed E-state index contributed by atoms with van der Waals surface area (Å²) in [6.07, 6.45) is 0. The van der Waals surface area contributed by atoms with Crippen LogP contribution in [0.5, 0.6) is 103 Å². The van der Waals surface area contributed by atoms with E-state index in [1.54, 1.807) is 109 Å². The Labute approximate surface area is 679 Å². The van der Waals surface area contributed by atoms with Crippen LogP contribution in [0, 0.1) is 13.8 Å². The van der Waals surface area contributed by atoms with Gasteiger partial charge in [-0.05, 0) is 159 Å². The second kappa shape index (κ2) is 35.7. The molecule has 0 spiro atoms. The summed E-state index contributed by atoms with van der Waals surface area (Å²) < 4.78 is 0. The molecule has 0 aliphatic carbocycles. The molecule has 16 aromatic rings. The fraction of sp³-hybridized carbons (Fsp3) is 0.0400. The third-order valence-corrected chi connectivity index (χ3v) is 20.4. The lowest BCUT2D eigenvalue weighted by Gasteiger charge is -2.37. The molecule has 0 amide bonds. The van der Waals surface area contributed by atoms with Crippen molar-refractivity contribution >= 4 is 0 Å². The van der Waals surface area contributed by atoms with Gasteiger partial charge in [-0.3, -0.25) is 0 Å². The van der Waals surface area contributed by atoms with Crippen LogP contribution in [0.4, 0.5) is 0 Å². The molecule has 0 saturated heterocycles. The number of hydrogen-bond donors (Lipinski definition) is 18. The van der Waals surface area contributed by atoms with E-state index in [0.717, 1.165) is 61.2 Å². The quantitative estimate of drug-likeness (QED) is 0.0376. The van der Waals surface area contributed by atoms with Crippen molar-refractivity contribution < 1.29 is 91.9 Å². The van der Waals surface area contributed by atoms with Gasteiger partial charge in [0.15, 0.2) is 92.0 Å². The molecule has 590 valence electrons. The standard InChI is InChI=1S/C26H22O3.C25H20O4.C19H16O3.C18H14O4.C12H10O4/c1-18-12-13-21(16-24(18)28)26(19-8-4-2-5-9-19,20-10-6-3-7-11-20)22-14-15-23(27)25(29)17-22;26-21-15-7-13-19(23(21)28)25(17-9-3-1-4-10-17,18-11-5-2-6-12-18)20-14-8-16-22(27)24(20)29;1-12-13(8-4-10-17(12)20)14-6-2-3-7-15(14)16-9-5-11-18(21)19(16)22;19-15-8-2-6-13(17(15)21)11-4-1-5-12(10-11)14-7-3-9-16(20)18(14)22;13-9-5-1-3-7(11(9)15)8-4-2-6-10(14)12(8)16/h2-17,27-29H,1H3;1-16,26-29H;2-11,20-22H,1H3;1-10,19-22H;1-6,13-16H. The van der Waals surface area contributed by atoms with Crippen LogP contribution in [-0.2, 0) is 10.8 Å². The van der Waals surface area contributed by atoms with Crippen LogP contribution in [0.25, 0.3) is 55.6 Å². The molecule has 18 nitrogen and oxygen atoms in total. The van der Waals surface area contributed by atoms with Crippen molar-refractivity contribution in [3.8, 4) is 159 Å². The predicted molar refractivity (Wildman–Crippen MR) is 455 cm³/mol. The second-order valence-corrected chi connectivity index (χ2v) is 27.5. The summed E-state index contributed by atoms with van der Waals surface area (Å²) in [5.74, 6) is -3.31. The van der Waals surface area contributed by atoms with Crippen LogP contribution in [0.1, 0.15) is 55.6 Å². The van der Waals surface area contributed by atoms with Crippen molar-refractivity contribution in [2.24, 2.45) is 0 Å². The van der Waals surface area contributed by atoms with Gasteiger partial charge in [0, 0.05) is 38.9 Å². The molecule has 18 heteroatoms. The van der Waals surface area contributed by atoms with E-state index >= 15 is 0 Å². The highest BCUT2D eigenvalue weighted by Gasteiger charge is 2.44. The van der Waals surface area contributed by atoms with E-state index in [1.807, 2.05) is 184 Å². The highest BCUT2D eigenvalue weighted by molar-refractivity contribution is 5.89. The molecule has 0 aliphatic heterocycles. The normalized spacial score (nSPS) is 10.9. The average Bonchev–Trinajstić information content (AvgIpc) is 0.706. The fourth-order valence-electron chi connectivity index (χ4n) is 14.5. The molecule has 0 saturated carbocycles. The second-order valence-electron chi connectivity index (χ2n) is 27.5. The molecule has 0 atom stereocenters. The van der Waals surface area contributed by atoms with E-state index in [9.17, 15) is 91.9 Å². The summed E-state index contributed by atoms with van der Waals surface area (Å²) in [5.41, 5.74) is 11.5. The van der Waals surface area contributed by atoms with E-state index < -0.39 is 10.8 Å². The molecule has 16 rings (SSSR count). The van der Waals surface area contributed by atoms with Crippen molar-refractivity contribution in [3.05, 3.63) is 407 Å². The monoisotopic (exact) mass is 1570 g/mol. The number of aromatic hydroxyl groups is 18. The fourth-order valence-corrected chi connectivity index (χ4v) is 14.5. The maximum Gasteiger partial charge on any atom is 0.165 e. The Hall–Kier alpha value is -16.1. The first-order valence-corrected chi connectivity index (χ1v) is 37.0. The summed E-state index contributed by atoms with van der Waals surface area (Å²) >= 11 is 0. The van der Waals surface area contributed by atoms with Crippen LogP contribution >= 0.6 is 0 Å². The molecule has 0 radical (unpaired) electrons. The van der Waals surface area contributed by atoms with Crippen molar-refractivity contribution in [2.45, 2.75) is 24.7 Å². The molecule has 0 aliphatic rings. The van der Waals surface area contributed by atoms with Gasteiger partial charge in [-0.1, -0.05) is 279 Å². The highest BCUT2D eigenvalue weighted by atomic mass is 16.3. The number of aryl methyl sites for hydroxylation is 1. The van der Waals surface area contributed by atoms with Gasteiger partial charge in [0.1, 0.15) is 11.5 Å². The lowest BCUT2D eigenvalue weighted by atomic mass is 9.64. The van der Waals surface area contributed by atoms with Crippen LogP contribution in [0.3, 0.4) is 0 Å². The third-order valence-electron chi connectivity index (χ3n) is 20.4. The van der Waals surface area contributed by atoms with E-state index in [4.69, 9.17) is 0 Å². The SMILES string of the molecule is Cc1c(O)cccc1-c1ccccc1-c1cccc(O)c1O.Cc1ccc(C(c2ccccc2)(c2ccccc2)c2ccc(O)c(O)c2)cc1O.Oc1cccc(-c2cccc(-c3cccc(O)c3O)c2)c1O.Oc1cccc(-c2cccc(O)c2O)c1O.Oc1cccc(C(c2ccccc2)(c2ccccc2)c2cccc(O)c2O)c1O. The first kappa shape index (κ1) is 81.4. The molecule has 118 heavy (non-hydrogen) atoms. The van der Waals surface area contributed by atoms with Gasteiger partial charge < -0.3 is 91.9 Å². The number of para-hydroxylation sites is 7. The first-order valence-electron chi connectivity index (χ1n) is 37.0. The molecule has 0 fully saturated rings. The third kappa shape index (κ3) is 16.6. The van der Waals surface area contributed by atoms with Gasteiger partial charge in [0.05, 0.1) is 10.8 Å². The largest absolute Gasteiger partial charge is 0.508 e.